The lowest BCUT2D eigenvalue weighted by atomic mass is 9.99. The molecule has 1 amide bonds. The minimum atomic E-state index is -3.38. The Balaban J connectivity index is 1.57. The number of carbonyl (C=O) groups excluding carboxylic acids is 1. The number of rotatable bonds is 4. The molecule has 0 unspecified atom stereocenters. The summed E-state index contributed by atoms with van der Waals surface area (Å²) >= 11 is 0. The van der Waals surface area contributed by atoms with Crippen molar-refractivity contribution in [1.82, 2.24) is 19.4 Å². The Morgan fingerprint density at radius 2 is 2.28 bits per heavy atom. The first-order valence-corrected chi connectivity index (χ1v) is 10.3. The molecule has 1 aromatic heterocycles. The summed E-state index contributed by atoms with van der Waals surface area (Å²) in [6.45, 7) is 5.76. The van der Waals surface area contributed by atoms with Gasteiger partial charge in [-0.05, 0) is 24.8 Å². The highest BCUT2D eigenvalue weighted by Crippen LogP contribution is 2.46. The minimum Gasteiger partial charge on any atom is -0.365 e. The lowest BCUT2D eigenvalue weighted by molar-refractivity contribution is -0.0978. The van der Waals surface area contributed by atoms with Crippen molar-refractivity contribution in [2.75, 3.05) is 26.2 Å². The minimum absolute atomic E-state index is 0.149. The molecule has 8 nitrogen and oxygen atoms in total. The second kappa shape index (κ2) is 5.78. The smallest absolute Gasteiger partial charge is 0.272 e. The maximum atomic E-state index is 13.0. The lowest BCUT2D eigenvalue weighted by Gasteiger charge is -2.39. The molecule has 0 aromatic carbocycles. The summed E-state index contributed by atoms with van der Waals surface area (Å²) in [5.41, 5.74) is -0.374. The molecule has 1 aromatic rings. The quantitative estimate of drug-likeness (QED) is 0.833. The van der Waals surface area contributed by atoms with Crippen molar-refractivity contribution in [3.05, 3.63) is 18.0 Å². The van der Waals surface area contributed by atoms with E-state index in [1.165, 1.54) is 6.20 Å². The summed E-state index contributed by atoms with van der Waals surface area (Å²) in [5.74, 6) is 0.287. The fraction of sp³-hybridized carbons (Fsp3) is 0.750. The fourth-order valence-corrected chi connectivity index (χ4v) is 6.58. The Bertz CT molecular complexity index is 763. The lowest BCUT2D eigenvalue weighted by Crippen LogP contribution is -2.56. The largest absolute Gasteiger partial charge is 0.365 e. The number of carbonyl (C=O) groups is 1. The van der Waals surface area contributed by atoms with E-state index in [-0.39, 0.29) is 12.0 Å². The number of aromatic nitrogens is 2. The molecule has 4 heterocycles. The van der Waals surface area contributed by atoms with E-state index >= 15 is 0 Å². The van der Waals surface area contributed by atoms with Gasteiger partial charge in [-0.25, -0.2) is 8.42 Å². The number of hydrogen-bond acceptors (Lipinski definition) is 5. The van der Waals surface area contributed by atoms with Crippen LogP contribution in [0.2, 0.25) is 0 Å². The highest BCUT2D eigenvalue weighted by molar-refractivity contribution is 7.90. The number of likely N-dealkylation sites (tertiary alicyclic amines) is 1. The topological polar surface area (TPSA) is 95.6 Å². The molecule has 3 saturated heterocycles. The van der Waals surface area contributed by atoms with Crippen LogP contribution in [0, 0.1) is 5.92 Å². The molecular weight excluding hydrogens is 344 g/mol. The Labute approximate surface area is 147 Å². The van der Waals surface area contributed by atoms with Crippen LogP contribution in [-0.2, 0) is 14.8 Å². The Morgan fingerprint density at radius 3 is 2.96 bits per heavy atom. The van der Waals surface area contributed by atoms with Crippen LogP contribution < -0.4 is 0 Å². The molecular formula is C16H24N4O4S. The van der Waals surface area contributed by atoms with E-state index in [0.717, 1.165) is 6.42 Å². The molecule has 0 saturated carbocycles. The van der Waals surface area contributed by atoms with E-state index in [9.17, 15) is 13.2 Å². The molecule has 1 spiro atoms. The van der Waals surface area contributed by atoms with Gasteiger partial charge >= 0.3 is 0 Å². The van der Waals surface area contributed by atoms with Crippen molar-refractivity contribution in [3.63, 3.8) is 0 Å². The summed E-state index contributed by atoms with van der Waals surface area (Å²) in [4.78, 5) is 14.4. The zero-order valence-corrected chi connectivity index (χ0v) is 15.3. The third-order valence-corrected chi connectivity index (χ3v) is 7.86. The van der Waals surface area contributed by atoms with E-state index < -0.39 is 20.9 Å². The van der Waals surface area contributed by atoms with Crippen molar-refractivity contribution in [1.29, 1.82) is 0 Å². The Kier molecular flexibility index (Phi) is 3.93. The van der Waals surface area contributed by atoms with Crippen LogP contribution >= 0.6 is 0 Å². The van der Waals surface area contributed by atoms with Gasteiger partial charge in [-0.2, -0.15) is 9.40 Å². The van der Waals surface area contributed by atoms with Crippen molar-refractivity contribution < 1.29 is 17.9 Å². The molecule has 0 aliphatic carbocycles. The van der Waals surface area contributed by atoms with Gasteiger partial charge < -0.3 is 9.64 Å². The average molecular weight is 368 g/mol. The van der Waals surface area contributed by atoms with Crippen LogP contribution in [0.25, 0.3) is 0 Å². The molecule has 9 heteroatoms. The maximum Gasteiger partial charge on any atom is 0.272 e. The molecule has 1 N–H and O–H groups in total. The van der Waals surface area contributed by atoms with Gasteiger partial charge in [0, 0.05) is 25.8 Å². The Hall–Kier alpha value is -1.45. The number of hydrogen-bond donors (Lipinski definition) is 1. The van der Waals surface area contributed by atoms with Gasteiger partial charge in [0.25, 0.3) is 5.91 Å². The second-order valence-electron chi connectivity index (χ2n) is 7.75. The Morgan fingerprint density at radius 1 is 1.48 bits per heavy atom. The third kappa shape index (κ3) is 2.69. The van der Waals surface area contributed by atoms with Crippen LogP contribution in [0.4, 0.5) is 0 Å². The number of fused-ring (bicyclic) bond motifs is 1. The van der Waals surface area contributed by atoms with Crippen LogP contribution in [0.5, 0.6) is 0 Å². The van der Waals surface area contributed by atoms with Crippen molar-refractivity contribution in [3.8, 4) is 0 Å². The molecule has 25 heavy (non-hydrogen) atoms. The van der Waals surface area contributed by atoms with E-state index in [1.54, 1.807) is 15.3 Å². The van der Waals surface area contributed by atoms with Crippen molar-refractivity contribution >= 4 is 15.9 Å². The van der Waals surface area contributed by atoms with Gasteiger partial charge in [0.05, 0.1) is 12.6 Å². The highest BCUT2D eigenvalue weighted by Gasteiger charge is 2.65. The van der Waals surface area contributed by atoms with Gasteiger partial charge in [0.1, 0.15) is 16.5 Å². The number of morpholine rings is 1. The van der Waals surface area contributed by atoms with Crippen molar-refractivity contribution in [2.45, 2.75) is 43.6 Å². The first-order valence-electron chi connectivity index (χ1n) is 8.77. The maximum absolute atomic E-state index is 13.0. The van der Waals surface area contributed by atoms with E-state index in [2.05, 4.69) is 24.0 Å². The van der Waals surface area contributed by atoms with Crippen LogP contribution in [0.1, 0.15) is 37.2 Å². The zero-order valence-electron chi connectivity index (χ0n) is 14.5. The summed E-state index contributed by atoms with van der Waals surface area (Å²) in [7, 11) is -3.38. The van der Waals surface area contributed by atoms with Gasteiger partial charge in [0.2, 0.25) is 10.0 Å². The number of amides is 1. The molecule has 2 bridgehead atoms. The predicted octanol–water partition coefficient (Wildman–Crippen LogP) is 0.453. The van der Waals surface area contributed by atoms with Gasteiger partial charge in [-0.3, -0.25) is 9.89 Å². The molecule has 138 valence electrons. The summed E-state index contributed by atoms with van der Waals surface area (Å²) < 4.78 is 33.6. The number of H-pyrrole nitrogens is 1. The summed E-state index contributed by atoms with van der Waals surface area (Å²) in [6, 6.07) is 1.63. The fourth-order valence-electron chi connectivity index (χ4n) is 4.25. The molecule has 3 aliphatic rings. The highest BCUT2D eigenvalue weighted by atomic mass is 32.2. The van der Waals surface area contributed by atoms with E-state index in [0.29, 0.717) is 44.2 Å². The van der Waals surface area contributed by atoms with E-state index in [4.69, 9.17) is 4.74 Å². The predicted molar refractivity (Wildman–Crippen MR) is 90.4 cm³/mol. The number of nitrogens with one attached hydrogen (secondary N) is 1. The van der Waals surface area contributed by atoms with E-state index in [1.807, 2.05) is 0 Å². The van der Waals surface area contributed by atoms with Gasteiger partial charge in [-0.15, -0.1) is 0 Å². The second-order valence-corrected chi connectivity index (χ2v) is 9.86. The molecule has 4 rings (SSSR count). The number of ether oxygens (including phenoxy) is 1. The molecule has 3 aliphatic heterocycles. The first-order chi connectivity index (χ1) is 11.8. The first kappa shape index (κ1) is 17.0. The van der Waals surface area contributed by atoms with Crippen LogP contribution in [-0.4, -0.2) is 76.9 Å². The number of aromatic amines is 1. The summed E-state index contributed by atoms with van der Waals surface area (Å²) in [5, 5.41) is 5.97. The normalized spacial score (nSPS) is 33.8. The molecule has 0 radical (unpaired) electrons. The third-order valence-electron chi connectivity index (χ3n) is 5.49. The van der Waals surface area contributed by atoms with Gasteiger partial charge in [-0.1, -0.05) is 13.8 Å². The average Bonchev–Trinajstić information content (AvgIpc) is 3.20. The SMILES string of the molecule is CC(C)CCN1C[C@@]23CN(C(=O)c4ccn[nH]4)C[C@@H](C[C@@H]2S1(=O)=O)O3. The van der Waals surface area contributed by atoms with Crippen LogP contribution in [0.15, 0.2) is 12.3 Å². The summed E-state index contributed by atoms with van der Waals surface area (Å²) in [6.07, 6.45) is 2.61. The number of nitrogens with zero attached hydrogens (tertiary/aromatic N) is 3. The number of sulfonamides is 1. The monoisotopic (exact) mass is 368 g/mol. The molecule has 3 fully saturated rings. The zero-order chi connectivity index (χ0) is 17.8. The van der Waals surface area contributed by atoms with Crippen molar-refractivity contribution in [2.24, 2.45) is 5.92 Å². The standard InChI is InChI=1S/C16H24N4O4S/c1-11(2)4-6-20-10-16-9-19(15(21)13-3-5-17-18-13)8-12(24-16)7-14(16)25(20,22)23/h3,5,11-12,14H,4,6-10H2,1-2H3,(H,17,18)/t12-,14+,16+/m1/s1. The van der Waals surface area contributed by atoms with Gasteiger partial charge in [0.15, 0.2) is 0 Å². The van der Waals surface area contributed by atoms with Crippen LogP contribution in [0.3, 0.4) is 0 Å². The molecule has 3 atom stereocenters.